The highest BCUT2D eigenvalue weighted by atomic mass is 16.5. The fourth-order valence-corrected chi connectivity index (χ4v) is 4.77. The summed E-state index contributed by atoms with van der Waals surface area (Å²) in [5.41, 5.74) is 9.29. The summed E-state index contributed by atoms with van der Waals surface area (Å²) in [5, 5.41) is 15.9. The minimum Gasteiger partial charge on any atom is -0.508 e. The molecule has 7 nitrogen and oxygen atoms in total. The normalized spacial score (nSPS) is 20.1. The number of anilines is 2. The molecule has 0 spiro atoms. The maximum atomic E-state index is 10.2. The number of hydrogen-bond donors (Lipinski definition) is 3. The minimum absolute atomic E-state index is 0.147. The Bertz CT molecular complexity index is 1130. The summed E-state index contributed by atoms with van der Waals surface area (Å²) >= 11 is 0. The summed E-state index contributed by atoms with van der Waals surface area (Å²) in [4.78, 5) is 11.3. The molecule has 2 aromatic carbocycles. The molecule has 2 aliphatic heterocycles. The van der Waals surface area contributed by atoms with Gasteiger partial charge in [0.25, 0.3) is 0 Å². The Morgan fingerprint density at radius 2 is 2.10 bits per heavy atom. The van der Waals surface area contributed by atoms with Crippen LogP contribution >= 0.6 is 0 Å². The van der Waals surface area contributed by atoms with Crippen molar-refractivity contribution in [1.29, 1.82) is 0 Å². The van der Waals surface area contributed by atoms with Gasteiger partial charge in [0, 0.05) is 40.8 Å². The van der Waals surface area contributed by atoms with Crippen molar-refractivity contribution in [3.05, 3.63) is 47.7 Å². The van der Waals surface area contributed by atoms with Gasteiger partial charge in [-0.3, -0.25) is 0 Å². The fraction of sp³-hybridized carbons (Fsp3) is 0.417. The molecule has 5 rings (SSSR count). The second kappa shape index (κ2) is 7.57. The molecule has 31 heavy (non-hydrogen) atoms. The van der Waals surface area contributed by atoms with E-state index < -0.39 is 0 Å². The lowest BCUT2D eigenvalue weighted by Gasteiger charge is -2.31. The number of nitrogen functional groups attached to an aromatic ring is 1. The van der Waals surface area contributed by atoms with E-state index in [4.69, 9.17) is 15.5 Å². The number of benzene rings is 2. The maximum absolute atomic E-state index is 10.2. The van der Waals surface area contributed by atoms with Gasteiger partial charge in [-0.25, -0.2) is 0 Å². The number of aromatic hydroxyl groups is 1. The SMILES string of the molecule is CC1(C)CC[C@H](COc2nc(N)c3c(n2)CN(c2cc(O)cc4ccccc24)CC3)N1. The third-order valence-corrected chi connectivity index (χ3v) is 6.37. The summed E-state index contributed by atoms with van der Waals surface area (Å²) in [6.45, 7) is 6.33. The number of rotatable bonds is 4. The summed E-state index contributed by atoms with van der Waals surface area (Å²) < 4.78 is 5.94. The van der Waals surface area contributed by atoms with Gasteiger partial charge in [0.2, 0.25) is 0 Å². The topological polar surface area (TPSA) is 96.5 Å². The van der Waals surface area contributed by atoms with E-state index >= 15 is 0 Å². The lowest BCUT2D eigenvalue weighted by Crippen LogP contribution is -2.40. The Labute approximate surface area is 182 Å². The average Bonchev–Trinajstić information content (AvgIpc) is 3.10. The zero-order valence-electron chi connectivity index (χ0n) is 18.1. The van der Waals surface area contributed by atoms with Crippen molar-refractivity contribution in [2.24, 2.45) is 0 Å². The number of nitrogens with two attached hydrogens (primary N) is 1. The van der Waals surface area contributed by atoms with Gasteiger partial charge in [0.1, 0.15) is 18.2 Å². The summed E-state index contributed by atoms with van der Waals surface area (Å²) in [7, 11) is 0. The van der Waals surface area contributed by atoms with Crippen LogP contribution in [0.2, 0.25) is 0 Å². The van der Waals surface area contributed by atoms with Crippen LogP contribution in [-0.2, 0) is 13.0 Å². The van der Waals surface area contributed by atoms with Crippen molar-refractivity contribution in [3.8, 4) is 11.8 Å². The maximum Gasteiger partial charge on any atom is 0.318 e. The van der Waals surface area contributed by atoms with Crippen LogP contribution < -0.4 is 20.7 Å². The molecule has 0 saturated carbocycles. The Hall–Kier alpha value is -3.06. The van der Waals surface area contributed by atoms with Gasteiger partial charge in [-0.05, 0) is 44.6 Å². The molecular weight excluding hydrogens is 390 g/mol. The van der Waals surface area contributed by atoms with Crippen LogP contribution in [0.1, 0.15) is 37.9 Å². The van der Waals surface area contributed by atoms with Gasteiger partial charge in [-0.1, -0.05) is 24.3 Å². The third-order valence-electron chi connectivity index (χ3n) is 6.37. The predicted octanol–water partition coefficient (Wildman–Crippen LogP) is 3.39. The molecule has 0 radical (unpaired) electrons. The molecule has 3 heterocycles. The first-order chi connectivity index (χ1) is 14.9. The number of phenolic OH excluding ortho intramolecular Hbond substituents is 1. The molecule has 1 atom stereocenters. The van der Waals surface area contributed by atoms with E-state index in [-0.39, 0.29) is 11.3 Å². The Morgan fingerprint density at radius 1 is 1.26 bits per heavy atom. The lowest BCUT2D eigenvalue weighted by atomic mass is 10.0. The first kappa shape index (κ1) is 19.9. The van der Waals surface area contributed by atoms with Crippen LogP contribution in [0.3, 0.4) is 0 Å². The summed E-state index contributed by atoms with van der Waals surface area (Å²) in [6, 6.07) is 12.3. The van der Waals surface area contributed by atoms with E-state index in [1.807, 2.05) is 24.3 Å². The molecule has 0 unspecified atom stereocenters. The molecule has 4 N–H and O–H groups in total. The lowest BCUT2D eigenvalue weighted by molar-refractivity contribution is 0.247. The quantitative estimate of drug-likeness (QED) is 0.596. The number of ether oxygens (including phenoxy) is 1. The van der Waals surface area contributed by atoms with Gasteiger partial charge in [0.05, 0.1) is 12.2 Å². The highest BCUT2D eigenvalue weighted by Crippen LogP contribution is 2.35. The van der Waals surface area contributed by atoms with Gasteiger partial charge >= 0.3 is 6.01 Å². The van der Waals surface area contributed by atoms with Crippen molar-refractivity contribution in [2.75, 3.05) is 23.8 Å². The van der Waals surface area contributed by atoms with Gasteiger partial charge in [-0.2, -0.15) is 9.97 Å². The van der Waals surface area contributed by atoms with Gasteiger partial charge in [0.15, 0.2) is 0 Å². The molecule has 162 valence electrons. The Morgan fingerprint density at radius 3 is 2.90 bits per heavy atom. The minimum atomic E-state index is 0.147. The Balaban J connectivity index is 1.38. The molecule has 7 heteroatoms. The second-order valence-electron chi connectivity index (χ2n) is 9.25. The molecule has 0 bridgehead atoms. The number of phenols is 1. The van der Waals surface area contributed by atoms with Gasteiger partial charge < -0.3 is 25.8 Å². The molecule has 1 saturated heterocycles. The summed E-state index contributed by atoms with van der Waals surface area (Å²) in [5.74, 6) is 0.762. The highest BCUT2D eigenvalue weighted by Gasteiger charge is 2.30. The van der Waals surface area contributed by atoms with Crippen molar-refractivity contribution in [3.63, 3.8) is 0 Å². The smallest absolute Gasteiger partial charge is 0.318 e. The van der Waals surface area contributed by atoms with Crippen molar-refractivity contribution >= 4 is 22.3 Å². The summed E-state index contributed by atoms with van der Waals surface area (Å²) in [6.07, 6.45) is 2.95. The zero-order chi connectivity index (χ0) is 21.6. The number of hydrogen-bond acceptors (Lipinski definition) is 7. The molecule has 0 aliphatic carbocycles. The number of aromatic nitrogens is 2. The molecule has 2 aliphatic rings. The number of fused-ring (bicyclic) bond motifs is 2. The molecular formula is C24H29N5O2. The molecule has 0 amide bonds. The van der Waals surface area contributed by atoms with Crippen molar-refractivity contribution in [1.82, 2.24) is 15.3 Å². The van der Waals surface area contributed by atoms with Crippen LogP contribution in [0.15, 0.2) is 36.4 Å². The Kier molecular flexibility index (Phi) is 4.85. The molecule has 3 aromatic rings. The fourth-order valence-electron chi connectivity index (χ4n) is 4.77. The van der Waals surface area contributed by atoms with Crippen LogP contribution in [0.25, 0.3) is 10.8 Å². The van der Waals surface area contributed by atoms with Crippen LogP contribution in [0.5, 0.6) is 11.8 Å². The van der Waals surface area contributed by atoms with Crippen molar-refractivity contribution in [2.45, 2.75) is 51.2 Å². The van der Waals surface area contributed by atoms with E-state index in [9.17, 15) is 5.11 Å². The molecule has 1 fully saturated rings. The van der Waals surface area contributed by atoms with Crippen LogP contribution in [0, 0.1) is 0 Å². The van der Waals surface area contributed by atoms with E-state index in [1.54, 1.807) is 6.07 Å². The highest BCUT2D eigenvalue weighted by molar-refractivity contribution is 5.95. The predicted molar refractivity (Wildman–Crippen MR) is 123 cm³/mol. The average molecular weight is 420 g/mol. The largest absolute Gasteiger partial charge is 0.508 e. The van der Waals surface area contributed by atoms with E-state index in [1.165, 1.54) is 0 Å². The van der Waals surface area contributed by atoms with Gasteiger partial charge in [-0.15, -0.1) is 0 Å². The first-order valence-corrected chi connectivity index (χ1v) is 10.9. The number of nitrogens with zero attached hydrogens (tertiary/aromatic N) is 3. The van der Waals surface area contributed by atoms with Crippen LogP contribution in [0.4, 0.5) is 11.5 Å². The standard InChI is InChI=1S/C24H29N5O2/c1-24(2)9-7-16(28-24)14-31-23-26-20-13-29(10-8-19(20)22(25)27-23)21-12-17(30)11-15-5-3-4-6-18(15)21/h3-6,11-12,16,28,30H,7-10,13-14H2,1-2H3,(H2,25,26,27)/t16-/m1/s1. The van der Waals surface area contributed by atoms with E-state index in [2.05, 4.69) is 35.1 Å². The van der Waals surface area contributed by atoms with E-state index in [0.717, 1.165) is 53.5 Å². The third kappa shape index (κ3) is 3.97. The zero-order valence-corrected chi connectivity index (χ0v) is 18.1. The molecule has 1 aromatic heterocycles. The monoisotopic (exact) mass is 419 g/mol. The first-order valence-electron chi connectivity index (χ1n) is 10.9. The number of nitrogens with one attached hydrogen (secondary N) is 1. The van der Waals surface area contributed by atoms with E-state index in [0.29, 0.717) is 31.0 Å². The van der Waals surface area contributed by atoms with Crippen molar-refractivity contribution < 1.29 is 9.84 Å². The second-order valence-corrected chi connectivity index (χ2v) is 9.25. The van der Waals surface area contributed by atoms with Crippen LogP contribution in [-0.4, -0.2) is 39.8 Å².